The smallest absolute Gasteiger partial charge is 0.310 e. The lowest BCUT2D eigenvalue weighted by atomic mass is 10.2. The van der Waals surface area contributed by atoms with E-state index in [0.717, 1.165) is 0 Å². The summed E-state index contributed by atoms with van der Waals surface area (Å²) in [4.78, 5) is 10.3. The Morgan fingerprint density at radius 3 is 2.53 bits per heavy atom. The van der Waals surface area contributed by atoms with E-state index in [1.165, 1.54) is 18.2 Å². The maximum absolute atomic E-state index is 10.8. The Kier molecular flexibility index (Phi) is 5.26. The molecule has 0 radical (unpaired) electrons. The van der Waals surface area contributed by atoms with Crippen molar-refractivity contribution in [2.75, 3.05) is 13.2 Å². The van der Waals surface area contributed by atoms with Gasteiger partial charge in [0.1, 0.15) is 6.61 Å². The highest BCUT2D eigenvalue weighted by Gasteiger charge is 2.16. The monoisotopic (exact) mass is 269 g/mol. The first kappa shape index (κ1) is 15.4. The van der Waals surface area contributed by atoms with E-state index in [2.05, 4.69) is 0 Å². The molecule has 0 aliphatic heterocycles. The van der Waals surface area contributed by atoms with Gasteiger partial charge in [0.2, 0.25) is 0 Å². The van der Waals surface area contributed by atoms with Gasteiger partial charge >= 0.3 is 5.69 Å². The zero-order valence-electron chi connectivity index (χ0n) is 11.4. The fourth-order valence-electron chi connectivity index (χ4n) is 1.42. The van der Waals surface area contributed by atoms with Crippen molar-refractivity contribution in [2.24, 2.45) is 0 Å². The van der Waals surface area contributed by atoms with Crippen molar-refractivity contribution in [3.05, 3.63) is 33.9 Å². The van der Waals surface area contributed by atoms with E-state index in [-0.39, 0.29) is 30.3 Å². The largest absolute Gasteiger partial charge is 0.484 e. The molecular weight excluding hydrogens is 250 g/mol. The highest BCUT2D eigenvalue weighted by molar-refractivity contribution is 5.48. The molecule has 1 rings (SSSR count). The Bertz CT molecular complexity index is 439. The Labute approximate surface area is 112 Å². The third-order valence-electron chi connectivity index (χ3n) is 2.28. The minimum absolute atomic E-state index is 0.118. The van der Waals surface area contributed by atoms with E-state index in [1.54, 1.807) is 0 Å². The molecule has 0 saturated carbocycles. The number of hydrogen-bond acceptors (Lipinski definition) is 5. The molecule has 0 heterocycles. The van der Waals surface area contributed by atoms with Gasteiger partial charge < -0.3 is 14.6 Å². The van der Waals surface area contributed by atoms with Crippen LogP contribution in [0.25, 0.3) is 0 Å². The van der Waals surface area contributed by atoms with Crippen LogP contribution in [-0.2, 0) is 11.3 Å². The third kappa shape index (κ3) is 5.23. The van der Waals surface area contributed by atoms with Crippen LogP contribution in [0.4, 0.5) is 5.69 Å². The average Bonchev–Trinajstić information content (AvgIpc) is 2.33. The molecule has 106 valence electrons. The molecule has 6 heteroatoms. The molecule has 1 N–H and O–H groups in total. The summed E-state index contributed by atoms with van der Waals surface area (Å²) >= 11 is 0. The van der Waals surface area contributed by atoms with Crippen LogP contribution in [0.15, 0.2) is 18.2 Å². The second kappa shape index (κ2) is 6.49. The number of aliphatic hydroxyl groups excluding tert-OH is 1. The summed E-state index contributed by atoms with van der Waals surface area (Å²) in [5.74, 6) is 0.147. The molecule has 0 spiro atoms. The van der Waals surface area contributed by atoms with Gasteiger partial charge in [-0.05, 0) is 38.5 Å². The van der Waals surface area contributed by atoms with Crippen molar-refractivity contribution in [1.29, 1.82) is 0 Å². The fourth-order valence-corrected chi connectivity index (χ4v) is 1.42. The molecule has 0 aliphatic rings. The summed E-state index contributed by atoms with van der Waals surface area (Å²) in [6, 6.07) is 4.29. The highest BCUT2D eigenvalue weighted by atomic mass is 16.6. The van der Waals surface area contributed by atoms with Gasteiger partial charge in [-0.2, -0.15) is 0 Å². The fraction of sp³-hybridized carbons (Fsp3) is 0.538. The zero-order valence-corrected chi connectivity index (χ0v) is 11.4. The molecule has 0 amide bonds. The Morgan fingerprint density at radius 2 is 2.00 bits per heavy atom. The van der Waals surface area contributed by atoms with Crippen LogP contribution in [0.1, 0.15) is 26.3 Å². The first-order valence-corrected chi connectivity index (χ1v) is 5.98. The number of nitrogens with zero attached hydrogens (tertiary/aromatic N) is 1. The van der Waals surface area contributed by atoms with Gasteiger partial charge in [-0.1, -0.05) is 0 Å². The van der Waals surface area contributed by atoms with E-state index in [1.807, 2.05) is 20.8 Å². The number of ether oxygens (including phenoxy) is 2. The predicted octanol–water partition coefficient (Wildman–Crippen LogP) is 2.28. The van der Waals surface area contributed by atoms with Crippen molar-refractivity contribution >= 4 is 5.69 Å². The van der Waals surface area contributed by atoms with Crippen LogP contribution in [-0.4, -0.2) is 28.8 Å². The van der Waals surface area contributed by atoms with E-state index in [0.29, 0.717) is 12.2 Å². The molecule has 0 atom stereocenters. The van der Waals surface area contributed by atoms with Crippen molar-refractivity contribution < 1.29 is 19.5 Å². The van der Waals surface area contributed by atoms with Crippen molar-refractivity contribution in [1.82, 2.24) is 0 Å². The lowest BCUT2D eigenvalue weighted by Gasteiger charge is -2.19. The zero-order chi connectivity index (χ0) is 14.5. The van der Waals surface area contributed by atoms with Crippen LogP contribution < -0.4 is 4.74 Å². The summed E-state index contributed by atoms with van der Waals surface area (Å²) in [6.45, 7) is 6.12. The van der Waals surface area contributed by atoms with Gasteiger partial charge in [0, 0.05) is 6.07 Å². The van der Waals surface area contributed by atoms with Crippen molar-refractivity contribution in [3.63, 3.8) is 0 Å². The van der Waals surface area contributed by atoms with Crippen LogP contribution in [0.5, 0.6) is 5.75 Å². The minimum atomic E-state index is -0.513. The molecule has 19 heavy (non-hydrogen) atoms. The van der Waals surface area contributed by atoms with Crippen LogP contribution in [0.3, 0.4) is 0 Å². The quantitative estimate of drug-likeness (QED) is 0.486. The van der Waals surface area contributed by atoms with Crippen LogP contribution in [0, 0.1) is 10.1 Å². The second-order valence-electron chi connectivity index (χ2n) is 5.03. The van der Waals surface area contributed by atoms with E-state index < -0.39 is 4.92 Å². The lowest BCUT2D eigenvalue weighted by molar-refractivity contribution is -0.385. The number of benzene rings is 1. The topological polar surface area (TPSA) is 81.8 Å². The third-order valence-corrected chi connectivity index (χ3v) is 2.28. The molecule has 0 fully saturated rings. The molecular formula is C13H19NO5. The van der Waals surface area contributed by atoms with Crippen LogP contribution >= 0.6 is 0 Å². The number of nitro groups is 1. The number of nitro benzene ring substituents is 1. The summed E-state index contributed by atoms with van der Waals surface area (Å²) in [6.07, 6.45) is 0. The Morgan fingerprint density at radius 1 is 1.32 bits per heavy atom. The van der Waals surface area contributed by atoms with E-state index >= 15 is 0 Å². The van der Waals surface area contributed by atoms with Gasteiger partial charge in [0.15, 0.2) is 5.75 Å². The molecule has 1 aromatic rings. The van der Waals surface area contributed by atoms with Crippen LogP contribution in [0.2, 0.25) is 0 Å². The second-order valence-corrected chi connectivity index (χ2v) is 5.03. The Balaban J connectivity index is 2.67. The molecule has 6 nitrogen and oxygen atoms in total. The van der Waals surface area contributed by atoms with Gasteiger partial charge in [-0.25, -0.2) is 0 Å². The van der Waals surface area contributed by atoms with Crippen molar-refractivity contribution in [3.8, 4) is 5.75 Å². The predicted molar refractivity (Wildman–Crippen MR) is 70.2 cm³/mol. The summed E-state index contributed by atoms with van der Waals surface area (Å²) in [5, 5.41) is 19.9. The highest BCUT2D eigenvalue weighted by Crippen LogP contribution is 2.28. The van der Waals surface area contributed by atoms with Gasteiger partial charge in [0.05, 0.1) is 23.7 Å². The number of rotatable bonds is 6. The summed E-state index contributed by atoms with van der Waals surface area (Å²) in [5.41, 5.74) is 0.174. The summed E-state index contributed by atoms with van der Waals surface area (Å²) < 4.78 is 10.8. The number of aliphatic hydroxyl groups is 1. The molecule has 1 aromatic carbocycles. The van der Waals surface area contributed by atoms with E-state index in [9.17, 15) is 10.1 Å². The molecule has 0 unspecified atom stereocenters. The normalized spacial score (nSPS) is 11.4. The average molecular weight is 269 g/mol. The summed E-state index contributed by atoms with van der Waals surface area (Å²) in [7, 11) is 0. The SMILES string of the molecule is CC(C)(C)OCCOc1cc(CO)ccc1[N+](=O)[O-]. The molecule has 0 aliphatic carbocycles. The maximum Gasteiger partial charge on any atom is 0.310 e. The first-order chi connectivity index (χ1) is 8.83. The molecule has 0 saturated heterocycles. The van der Waals surface area contributed by atoms with Gasteiger partial charge in [-0.15, -0.1) is 0 Å². The van der Waals surface area contributed by atoms with Crippen molar-refractivity contribution in [2.45, 2.75) is 33.0 Å². The standard InChI is InChI=1S/C13H19NO5/c1-13(2,3)19-7-6-18-12-8-10(9-15)4-5-11(12)14(16)17/h4-5,8,15H,6-7,9H2,1-3H3. The Hall–Kier alpha value is -1.66. The first-order valence-electron chi connectivity index (χ1n) is 5.98. The number of hydrogen-bond donors (Lipinski definition) is 1. The minimum Gasteiger partial charge on any atom is -0.484 e. The lowest BCUT2D eigenvalue weighted by Crippen LogP contribution is -2.22. The maximum atomic E-state index is 10.8. The van der Waals surface area contributed by atoms with Gasteiger partial charge in [0.25, 0.3) is 0 Å². The molecule has 0 bridgehead atoms. The van der Waals surface area contributed by atoms with E-state index in [4.69, 9.17) is 14.6 Å². The van der Waals surface area contributed by atoms with Gasteiger partial charge in [-0.3, -0.25) is 10.1 Å². The molecule has 0 aromatic heterocycles.